The average Bonchev–Trinajstić information content (AvgIpc) is 2.27. The third-order valence-electron chi connectivity index (χ3n) is 3.01. The summed E-state index contributed by atoms with van der Waals surface area (Å²) in [6, 6.07) is 4.08. The van der Waals surface area contributed by atoms with Crippen molar-refractivity contribution in [3.63, 3.8) is 0 Å². The smallest absolute Gasteiger partial charge is 0.168 e. The van der Waals surface area contributed by atoms with E-state index >= 15 is 0 Å². The molecule has 0 saturated heterocycles. The number of rotatable bonds is 7. The SMILES string of the molecule is CCOC(CC(=O)c1c(C)cc(C)cc1C)OCC. The van der Waals surface area contributed by atoms with Crippen molar-refractivity contribution in [1.82, 2.24) is 0 Å². The average molecular weight is 264 g/mol. The Labute approximate surface area is 115 Å². The van der Waals surface area contributed by atoms with Crippen LogP contribution in [0, 0.1) is 20.8 Å². The molecule has 0 heterocycles. The molecule has 0 unspecified atom stereocenters. The minimum atomic E-state index is -0.442. The van der Waals surface area contributed by atoms with E-state index in [1.54, 1.807) is 0 Å². The molecule has 3 nitrogen and oxygen atoms in total. The first-order valence-corrected chi connectivity index (χ1v) is 6.83. The summed E-state index contributed by atoms with van der Waals surface area (Å²) in [5.74, 6) is 0.0851. The summed E-state index contributed by atoms with van der Waals surface area (Å²) in [7, 11) is 0. The van der Waals surface area contributed by atoms with Gasteiger partial charge in [0.2, 0.25) is 0 Å². The van der Waals surface area contributed by atoms with Gasteiger partial charge in [0.05, 0.1) is 6.42 Å². The van der Waals surface area contributed by atoms with Crippen molar-refractivity contribution in [1.29, 1.82) is 0 Å². The van der Waals surface area contributed by atoms with Crippen molar-refractivity contribution in [3.8, 4) is 0 Å². The molecule has 0 atom stereocenters. The number of benzene rings is 1. The molecule has 0 aliphatic carbocycles. The molecule has 0 amide bonds. The predicted molar refractivity (Wildman–Crippen MR) is 76.6 cm³/mol. The lowest BCUT2D eigenvalue weighted by molar-refractivity contribution is -0.133. The Morgan fingerprint density at radius 2 is 1.53 bits per heavy atom. The molecular formula is C16H24O3. The summed E-state index contributed by atoms with van der Waals surface area (Å²) < 4.78 is 10.9. The minimum absolute atomic E-state index is 0.0851. The molecule has 0 bridgehead atoms. The van der Waals surface area contributed by atoms with Gasteiger partial charge < -0.3 is 9.47 Å². The standard InChI is InChI=1S/C16H24O3/c1-6-18-15(19-7-2)10-14(17)16-12(4)8-11(3)9-13(16)5/h8-9,15H,6-7,10H2,1-5H3. The molecule has 1 aromatic carbocycles. The van der Waals surface area contributed by atoms with E-state index in [9.17, 15) is 4.79 Å². The molecule has 0 fully saturated rings. The first-order valence-electron chi connectivity index (χ1n) is 6.83. The van der Waals surface area contributed by atoms with Gasteiger partial charge in [0.25, 0.3) is 0 Å². The van der Waals surface area contributed by atoms with E-state index in [0.29, 0.717) is 13.2 Å². The third kappa shape index (κ3) is 4.44. The summed E-state index contributed by atoms with van der Waals surface area (Å²) in [6.45, 7) is 10.9. The van der Waals surface area contributed by atoms with Gasteiger partial charge in [-0.1, -0.05) is 17.7 Å². The molecule has 106 valence electrons. The number of carbonyl (C=O) groups is 1. The monoisotopic (exact) mass is 264 g/mol. The molecule has 1 aromatic rings. The van der Waals surface area contributed by atoms with Gasteiger partial charge in [-0.25, -0.2) is 0 Å². The highest BCUT2D eigenvalue weighted by Gasteiger charge is 2.18. The van der Waals surface area contributed by atoms with Crippen LogP contribution in [-0.2, 0) is 9.47 Å². The van der Waals surface area contributed by atoms with E-state index in [1.165, 1.54) is 5.56 Å². The highest BCUT2D eigenvalue weighted by molar-refractivity contribution is 5.99. The first kappa shape index (κ1) is 15.9. The van der Waals surface area contributed by atoms with E-state index in [1.807, 2.05) is 46.8 Å². The number of hydrogen-bond donors (Lipinski definition) is 0. The van der Waals surface area contributed by atoms with Gasteiger partial charge in [0.15, 0.2) is 12.1 Å². The lowest BCUT2D eigenvalue weighted by atomic mass is 9.95. The molecule has 0 aliphatic rings. The van der Waals surface area contributed by atoms with Crippen LogP contribution in [0.2, 0.25) is 0 Å². The van der Waals surface area contributed by atoms with Crippen LogP contribution < -0.4 is 0 Å². The number of aryl methyl sites for hydroxylation is 3. The van der Waals surface area contributed by atoms with Crippen molar-refractivity contribution in [2.75, 3.05) is 13.2 Å². The molecule has 0 N–H and O–H groups in total. The van der Waals surface area contributed by atoms with Crippen LogP contribution in [0.15, 0.2) is 12.1 Å². The summed E-state index contributed by atoms with van der Waals surface area (Å²) in [5, 5.41) is 0. The summed E-state index contributed by atoms with van der Waals surface area (Å²) >= 11 is 0. The number of Topliss-reactive ketones (excluding diaryl/α,β-unsaturated/α-hetero) is 1. The van der Waals surface area contributed by atoms with Crippen molar-refractivity contribution >= 4 is 5.78 Å². The molecule has 1 rings (SSSR count). The number of hydrogen-bond acceptors (Lipinski definition) is 3. The normalized spacial score (nSPS) is 11.1. The molecule has 3 heteroatoms. The predicted octanol–water partition coefficient (Wildman–Crippen LogP) is 3.58. The summed E-state index contributed by atoms with van der Waals surface area (Å²) in [4.78, 5) is 12.4. The Morgan fingerprint density at radius 3 is 1.95 bits per heavy atom. The maximum atomic E-state index is 12.4. The fourth-order valence-electron chi connectivity index (χ4n) is 2.41. The molecule has 0 aliphatic heterocycles. The van der Waals surface area contributed by atoms with Crippen LogP contribution in [0.5, 0.6) is 0 Å². The first-order chi connectivity index (χ1) is 8.99. The van der Waals surface area contributed by atoms with E-state index in [4.69, 9.17) is 9.47 Å². The molecule has 0 radical (unpaired) electrons. The van der Waals surface area contributed by atoms with Crippen LogP contribution >= 0.6 is 0 Å². The Bertz CT molecular complexity index is 409. The van der Waals surface area contributed by atoms with Crippen molar-refractivity contribution < 1.29 is 14.3 Å². The zero-order valence-corrected chi connectivity index (χ0v) is 12.6. The van der Waals surface area contributed by atoms with E-state index < -0.39 is 6.29 Å². The van der Waals surface area contributed by atoms with Crippen molar-refractivity contribution in [2.45, 2.75) is 47.3 Å². The number of ether oxygens (including phenoxy) is 2. The van der Waals surface area contributed by atoms with Crippen LogP contribution in [-0.4, -0.2) is 25.3 Å². The second-order valence-corrected chi connectivity index (χ2v) is 4.74. The largest absolute Gasteiger partial charge is 0.352 e. The maximum Gasteiger partial charge on any atom is 0.168 e. The Hall–Kier alpha value is -1.19. The quantitative estimate of drug-likeness (QED) is 0.558. The Morgan fingerprint density at radius 1 is 1.05 bits per heavy atom. The van der Waals surface area contributed by atoms with Gasteiger partial charge in [-0.2, -0.15) is 0 Å². The van der Waals surface area contributed by atoms with Crippen molar-refractivity contribution in [3.05, 3.63) is 34.4 Å². The lowest BCUT2D eigenvalue weighted by Crippen LogP contribution is -2.22. The minimum Gasteiger partial charge on any atom is -0.352 e. The molecule has 19 heavy (non-hydrogen) atoms. The maximum absolute atomic E-state index is 12.4. The lowest BCUT2D eigenvalue weighted by Gasteiger charge is -2.17. The zero-order valence-electron chi connectivity index (χ0n) is 12.6. The second kappa shape index (κ2) is 7.41. The van der Waals surface area contributed by atoms with Gasteiger partial charge in [-0.3, -0.25) is 4.79 Å². The van der Waals surface area contributed by atoms with E-state index in [0.717, 1.165) is 16.7 Å². The van der Waals surface area contributed by atoms with Crippen molar-refractivity contribution in [2.24, 2.45) is 0 Å². The fourth-order valence-corrected chi connectivity index (χ4v) is 2.41. The Kier molecular flexibility index (Phi) is 6.19. The van der Waals surface area contributed by atoms with Crippen LogP contribution in [0.1, 0.15) is 47.3 Å². The van der Waals surface area contributed by atoms with Crippen LogP contribution in [0.4, 0.5) is 0 Å². The van der Waals surface area contributed by atoms with Gasteiger partial charge in [-0.15, -0.1) is 0 Å². The van der Waals surface area contributed by atoms with Gasteiger partial charge in [0, 0.05) is 18.8 Å². The van der Waals surface area contributed by atoms with E-state index in [2.05, 4.69) is 0 Å². The van der Waals surface area contributed by atoms with Gasteiger partial charge >= 0.3 is 0 Å². The van der Waals surface area contributed by atoms with Crippen LogP contribution in [0.3, 0.4) is 0 Å². The third-order valence-corrected chi connectivity index (χ3v) is 3.01. The van der Waals surface area contributed by atoms with Crippen LogP contribution in [0.25, 0.3) is 0 Å². The number of carbonyl (C=O) groups excluding carboxylic acids is 1. The molecular weight excluding hydrogens is 240 g/mol. The zero-order chi connectivity index (χ0) is 14.4. The van der Waals surface area contributed by atoms with Gasteiger partial charge in [-0.05, 0) is 45.7 Å². The molecule has 0 spiro atoms. The Balaban J connectivity index is 2.88. The molecule has 0 saturated carbocycles. The highest BCUT2D eigenvalue weighted by Crippen LogP contribution is 2.19. The van der Waals surface area contributed by atoms with E-state index in [-0.39, 0.29) is 12.2 Å². The fraction of sp³-hybridized carbons (Fsp3) is 0.562. The van der Waals surface area contributed by atoms with Gasteiger partial charge in [0.1, 0.15) is 0 Å². The second-order valence-electron chi connectivity index (χ2n) is 4.74. The summed E-state index contributed by atoms with van der Waals surface area (Å²) in [5.41, 5.74) is 4.02. The summed E-state index contributed by atoms with van der Waals surface area (Å²) in [6.07, 6.45) is -0.172. The number of ketones is 1. The topological polar surface area (TPSA) is 35.5 Å². The molecule has 0 aromatic heterocycles. The highest BCUT2D eigenvalue weighted by atomic mass is 16.7.